The summed E-state index contributed by atoms with van der Waals surface area (Å²) in [6, 6.07) is 16.8. The fourth-order valence-corrected chi connectivity index (χ4v) is 9.95. The van der Waals surface area contributed by atoms with Crippen LogP contribution in [0.4, 0.5) is 17.1 Å². The predicted octanol–water partition coefficient (Wildman–Crippen LogP) is 11.7. The number of hydrogen-bond acceptors (Lipinski definition) is 9. The molecule has 0 bridgehead atoms. The van der Waals surface area contributed by atoms with Crippen molar-refractivity contribution in [2.24, 2.45) is 16.1 Å². The molecule has 11 nitrogen and oxygen atoms in total. The second-order valence-electron chi connectivity index (χ2n) is 15.4. The van der Waals surface area contributed by atoms with E-state index in [0.717, 1.165) is 25.7 Å². The molecule has 0 amide bonds. The van der Waals surface area contributed by atoms with E-state index in [-0.39, 0.29) is 32.7 Å². The van der Waals surface area contributed by atoms with Gasteiger partial charge in [0.2, 0.25) is 10.0 Å². The van der Waals surface area contributed by atoms with Crippen LogP contribution in [0.3, 0.4) is 0 Å². The largest absolute Gasteiger partial charge is 0.506 e. The molecule has 1 unspecified atom stereocenters. The summed E-state index contributed by atoms with van der Waals surface area (Å²) in [5.74, 6) is 0.457. The van der Waals surface area contributed by atoms with Crippen LogP contribution in [0.25, 0.3) is 10.8 Å². The van der Waals surface area contributed by atoms with E-state index in [9.17, 15) is 27.0 Å². The molecule has 4 aromatic rings. The third kappa shape index (κ3) is 12.2. The zero-order valence-corrected chi connectivity index (χ0v) is 35.4. The molecular formula is C44H60N4O7S2. The van der Waals surface area contributed by atoms with Crippen molar-refractivity contribution >= 4 is 47.9 Å². The van der Waals surface area contributed by atoms with Gasteiger partial charge in [0.25, 0.3) is 10.0 Å². The number of anilines is 1. The van der Waals surface area contributed by atoms with Crippen LogP contribution in [0.1, 0.15) is 116 Å². The number of unbranched alkanes of at least 4 members (excludes halogenated alkanes) is 10. The number of benzene rings is 4. The molecule has 0 aliphatic carbocycles. The first-order valence-corrected chi connectivity index (χ1v) is 23.6. The van der Waals surface area contributed by atoms with Crippen LogP contribution in [-0.4, -0.2) is 51.1 Å². The number of phenols is 2. The lowest BCUT2D eigenvalue weighted by Gasteiger charge is -2.18. The van der Waals surface area contributed by atoms with Crippen molar-refractivity contribution in [2.75, 3.05) is 24.4 Å². The van der Waals surface area contributed by atoms with Gasteiger partial charge in [0.15, 0.2) is 0 Å². The Labute approximate surface area is 339 Å². The Hall–Kier alpha value is -4.20. The second-order valence-corrected chi connectivity index (χ2v) is 19.0. The van der Waals surface area contributed by atoms with Crippen molar-refractivity contribution in [2.45, 2.75) is 127 Å². The van der Waals surface area contributed by atoms with Gasteiger partial charge in [-0.15, -0.1) is 5.11 Å². The van der Waals surface area contributed by atoms with E-state index in [1.54, 1.807) is 24.3 Å². The minimum absolute atomic E-state index is 0.00673. The number of azo groups is 1. The molecule has 3 N–H and O–H groups in total. The highest BCUT2D eigenvalue weighted by atomic mass is 32.2. The summed E-state index contributed by atoms with van der Waals surface area (Å²) in [5.41, 5.74) is 1.27. The number of nitrogens with one attached hydrogen (secondary N) is 1. The molecule has 5 rings (SSSR count). The monoisotopic (exact) mass is 820 g/mol. The number of aryl methyl sites for hydroxylation is 1. The summed E-state index contributed by atoms with van der Waals surface area (Å²) < 4.78 is 63.6. The van der Waals surface area contributed by atoms with Gasteiger partial charge >= 0.3 is 0 Å². The summed E-state index contributed by atoms with van der Waals surface area (Å²) in [5, 5.41) is 31.1. The summed E-state index contributed by atoms with van der Waals surface area (Å²) in [7, 11) is -8.07. The van der Waals surface area contributed by atoms with E-state index in [4.69, 9.17) is 4.74 Å². The number of aromatic hydroxyl groups is 2. The van der Waals surface area contributed by atoms with Crippen LogP contribution in [0.15, 0.2) is 86.7 Å². The minimum Gasteiger partial charge on any atom is -0.506 e. The third-order valence-corrected chi connectivity index (χ3v) is 14.1. The smallest absolute Gasteiger partial charge is 0.262 e. The molecule has 4 aromatic carbocycles. The molecule has 0 radical (unpaired) electrons. The predicted molar refractivity (Wildman–Crippen MR) is 228 cm³/mol. The van der Waals surface area contributed by atoms with Gasteiger partial charge in [-0.25, -0.2) is 16.8 Å². The first-order chi connectivity index (χ1) is 27.4. The molecule has 13 heteroatoms. The zero-order valence-electron chi connectivity index (χ0n) is 33.7. The molecule has 310 valence electrons. The van der Waals surface area contributed by atoms with Gasteiger partial charge in [0, 0.05) is 29.9 Å². The number of rotatable bonds is 23. The average Bonchev–Trinajstić information content (AvgIpc) is 3.75. The van der Waals surface area contributed by atoms with Crippen molar-refractivity contribution in [1.82, 2.24) is 4.31 Å². The van der Waals surface area contributed by atoms with Crippen molar-refractivity contribution in [3.63, 3.8) is 0 Å². The van der Waals surface area contributed by atoms with Crippen LogP contribution >= 0.6 is 0 Å². The molecule has 1 fully saturated rings. The van der Waals surface area contributed by atoms with Gasteiger partial charge in [0.1, 0.15) is 22.1 Å². The Kier molecular flexibility index (Phi) is 16.2. The Morgan fingerprint density at radius 1 is 0.772 bits per heavy atom. The van der Waals surface area contributed by atoms with Gasteiger partial charge in [-0.2, -0.15) is 9.42 Å². The van der Waals surface area contributed by atoms with Crippen molar-refractivity contribution in [3.05, 3.63) is 72.3 Å². The van der Waals surface area contributed by atoms with Crippen LogP contribution in [0.2, 0.25) is 0 Å². The van der Waals surface area contributed by atoms with E-state index >= 15 is 0 Å². The Bertz CT molecular complexity index is 2170. The average molecular weight is 821 g/mol. The van der Waals surface area contributed by atoms with Gasteiger partial charge in [-0.3, -0.25) is 4.72 Å². The van der Waals surface area contributed by atoms with Crippen LogP contribution in [0.5, 0.6) is 17.2 Å². The normalized spacial score (nSPS) is 14.4. The fourth-order valence-electron chi connectivity index (χ4n) is 7.25. The molecule has 0 saturated carbocycles. The SMILES string of the molecule is CCCCCCCCCCCCCC(C)CCOc1cc(NS(=O)(=O)c2ccc(N=Nc3cc(S(=O)(=O)N4CCCC4)c(O)c4ccccc34)cc2)c(O)cc1C. The number of phenolic OH excluding ortho intramolecular Hbond substituents is 2. The van der Waals surface area contributed by atoms with Crippen LogP contribution in [0, 0.1) is 12.8 Å². The lowest BCUT2D eigenvalue weighted by molar-refractivity contribution is 0.275. The quantitative estimate of drug-likeness (QED) is 0.0382. The van der Waals surface area contributed by atoms with E-state index < -0.39 is 20.0 Å². The first-order valence-electron chi connectivity index (χ1n) is 20.7. The highest BCUT2D eigenvalue weighted by molar-refractivity contribution is 7.92. The first kappa shape index (κ1) is 43.9. The maximum atomic E-state index is 13.4. The topological polar surface area (TPSA) is 158 Å². The highest BCUT2D eigenvalue weighted by Gasteiger charge is 2.31. The second kappa shape index (κ2) is 21.0. The maximum absolute atomic E-state index is 13.4. The van der Waals surface area contributed by atoms with Crippen molar-refractivity contribution in [3.8, 4) is 17.2 Å². The molecule has 1 saturated heterocycles. The summed E-state index contributed by atoms with van der Waals surface area (Å²) in [6.07, 6.45) is 18.1. The van der Waals surface area contributed by atoms with E-state index in [1.807, 2.05) is 6.92 Å². The standard InChI is InChI=1S/C44H60N4O7S2/c1-4-5-6-7-8-9-10-11-12-13-14-19-33(2)26-29-55-42-31-40(41(49)30-34(42)3)47-56(51,52)36-24-22-35(23-25-36)45-46-39-32-43(57(53,54)48-27-17-18-28-48)44(50)38-21-16-15-20-37(38)39/h15-16,20-25,30-33,47,49-50H,4-14,17-19,26-29H2,1-3H3. The van der Waals surface area contributed by atoms with E-state index in [2.05, 4.69) is 28.8 Å². The van der Waals surface area contributed by atoms with Crippen LogP contribution < -0.4 is 9.46 Å². The van der Waals surface area contributed by atoms with Crippen molar-refractivity contribution < 1.29 is 31.8 Å². The summed E-state index contributed by atoms with van der Waals surface area (Å²) in [4.78, 5) is -0.295. The lowest BCUT2D eigenvalue weighted by Crippen LogP contribution is -2.27. The molecular weight excluding hydrogens is 761 g/mol. The molecule has 57 heavy (non-hydrogen) atoms. The molecule has 0 spiro atoms. The van der Waals surface area contributed by atoms with Crippen LogP contribution in [-0.2, 0) is 20.0 Å². The number of fused-ring (bicyclic) bond motifs is 1. The molecule has 1 atom stereocenters. The highest BCUT2D eigenvalue weighted by Crippen LogP contribution is 2.41. The number of sulfonamides is 2. The Morgan fingerprint density at radius 2 is 1.39 bits per heavy atom. The molecule has 0 aromatic heterocycles. The lowest BCUT2D eigenvalue weighted by atomic mass is 9.99. The fraction of sp³-hybridized carbons (Fsp3) is 0.500. The van der Waals surface area contributed by atoms with E-state index in [0.29, 0.717) is 53.4 Å². The minimum atomic E-state index is -4.11. The van der Waals surface area contributed by atoms with Gasteiger partial charge < -0.3 is 14.9 Å². The van der Waals surface area contributed by atoms with Gasteiger partial charge in [-0.1, -0.05) is 115 Å². The molecule has 1 aliphatic rings. The summed E-state index contributed by atoms with van der Waals surface area (Å²) >= 11 is 0. The Balaban J connectivity index is 1.15. The molecule has 1 heterocycles. The third-order valence-electron chi connectivity index (χ3n) is 10.8. The maximum Gasteiger partial charge on any atom is 0.262 e. The van der Waals surface area contributed by atoms with Gasteiger partial charge in [-0.05, 0) is 74.1 Å². The zero-order chi connectivity index (χ0) is 40.8. The summed E-state index contributed by atoms with van der Waals surface area (Å²) in [6.45, 7) is 7.56. The number of ether oxygens (including phenoxy) is 1. The number of nitrogens with zero attached hydrogens (tertiary/aromatic N) is 3. The van der Waals surface area contributed by atoms with E-state index in [1.165, 1.54) is 117 Å². The molecule has 1 aliphatic heterocycles. The van der Waals surface area contributed by atoms with Gasteiger partial charge in [0.05, 0.1) is 28.6 Å². The number of hydrogen-bond donors (Lipinski definition) is 3. The Morgan fingerprint density at radius 3 is 2.04 bits per heavy atom. The van der Waals surface area contributed by atoms with Crippen molar-refractivity contribution in [1.29, 1.82) is 0 Å².